The van der Waals surface area contributed by atoms with Gasteiger partial charge in [0.05, 0.1) is 11.8 Å². The van der Waals surface area contributed by atoms with Gasteiger partial charge >= 0.3 is 5.97 Å². The van der Waals surface area contributed by atoms with Crippen molar-refractivity contribution in [3.63, 3.8) is 0 Å². The van der Waals surface area contributed by atoms with Gasteiger partial charge in [0.25, 0.3) is 0 Å². The molecule has 6 heteroatoms. The fraction of sp³-hybridized carbons (Fsp3) is 0.471. The summed E-state index contributed by atoms with van der Waals surface area (Å²) in [4.78, 5) is 16.7. The zero-order chi connectivity index (χ0) is 17.2. The normalized spacial score (nSPS) is 12.7. The number of carbonyl (C=O) groups is 1. The zero-order valence-electron chi connectivity index (χ0n) is 14.1. The first-order chi connectivity index (χ1) is 10.7. The summed E-state index contributed by atoms with van der Waals surface area (Å²) in [7, 11) is 1.79. The van der Waals surface area contributed by atoms with E-state index in [2.05, 4.69) is 16.0 Å². The maximum Gasteiger partial charge on any atom is 0.360 e. The Labute approximate surface area is 135 Å². The lowest BCUT2D eigenvalue weighted by Gasteiger charge is -2.28. The van der Waals surface area contributed by atoms with E-state index in [1.807, 2.05) is 20.8 Å². The van der Waals surface area contributed by atoms with Crippen LogP contribution in [-0.4, -0.2) is 26.8 Å². The minimum absolute atomic E-state index is 0.162. The van der Waals surface area contributed by atoms with Crippen LogP contribution in [-0.2, 0) is 11.8 Å². The van der Waals surface area contributed by atoms with E-state index in [-0.39, 0.29) is 11.1 Å². The van der Waals surface area contributed by atoms with Gasteiger partial charge in [-0.05, 0) is 12.3 Å². The Kier molecular flexibility index (Phi) is 4.60. The van der Waals surface area contributed by atoms with Crippen LogP contribution < -0.4 is 0 Å². The van der Waals surface area contributed by atoms with Crippen molar-refractivity contribution in [2.45, 2.75) is 40.2 Å². The van der Waals surface area contributed by atoms with Crippen LogP contribution in [0.3, 0.4) is 0 Å². The van der Waals surface area contributed by atoms with Gasteiger partial charge in [-0.15, -0.1) is 12.3 Å². The molecule has 0 radical (unpaired) electrons. The zero-order valence-corrected chi connectivity index (χ0v) is 14.1. The molecule has 6 nitrogen and oxygen atoms in total. The van der Waals surface area contributed by atoms with Crippen molar-refractivity contribution in [3.8, 4) is 23.8 Å². The van der Waals surface area contributed by atoms with E-state index in [0.717, 1.165) is 0 Å². The Morgan fingerprint density at radius 2 is 2.22 bits per heavy atom. The number of rotatable bonds is 4. The molecule has 0 fully saturated rings. The molecule has 0 bridgehead atoms. The molecule has 0 saturated carbocycles. The largest absolute Gasteiger partial charge is 0.456 e. The lowest BCUT2D eigenvalue weighted by atomic mass is 9.87. The lowest BCUT2D eigenvalue weighted by molar-refractivity contribution is -0.00124. The van der Waals surface area contributed by atoms with Crippen LogP contribution in [0.1, 0.15) is 43.4 Å². The van der Waals surface area contributed by atoms with Gasteiger partial charge in [0.2, 0.25) is 5.89 Å². The fourth-order valence-electron chi connectivity index (χ4n) is 2.06. The number of oxazole rings is 1. The van der Waals surface area contributed by atoms with Crippen LogP contribution in [0, 0.1) is 24.7 Å². The third-order valence-corrected chi connectivity index (χ3v) is 3.46. The van der Waals surface area contributed by atoms with Gasteiger partial charge in [0.15, 0.2) is 5.69 Å². The minimum Gasteiger partial charge on any atom is -0.456 e. The summed E-state index contributed by atoms with van der Waals surface area (Å²) >= 11 is 0. The summed E-state index contributed by atoms with van der Waals surface area (Å²) in [5.74, 6) is 2.76. The monoisotopic (exact) mass is 315 g/mol. The van der Waals surface area contributed by atoms with Crippen LogP contribution in [0.2, 0.25) is 0 Å². The first-order valence-corrected chi connectivity index (χ1v) is 7.33. The molecule has 0 unspecified atom stereocenters. The summed E-state index contributed by atoms with van der Waals surface area (Å²) in [6.07, 6.45) is 8.71. The SMILES string of the molecule is C#CC[C@H](OC(=O)c1nc(-c2cnn(C)c2)oc1C)C(C)(C)C. The summed E-state index contributed by atoms with van der Waals surface area (Å²) in [5, 5.41) is 4.06. The third-order valence-electron chi connectivity index (χ3n) is 3.46. The number of aromatic nitrogens is 3. The summed E-state index contributed by atoms with van der Waals surface area (Å²) in [5.41, 5.74) is 0.604. The molecule has 0 amide bonds. The van der Waals surface area contributed by atoms with Crippen molar-refractivity contribution in [3.05, 3.63) is 23.8 Å². The second-order valence-electron chi connectivity index (χ2n) is 6.49. The first-order valence-electron chi connectivity index (χ1n) is 7.33. The number of aryl methyl sites for hydroxylation is 2. The Morgan fingerprint density at radius 3 is 2.74 bits per heavy atom. The highest BCUT2D eigenvalue weighted by Crippen LogP contribution is 2.27. The molecule has 0 N–H and O–H groups in total. The second-order valence-corrected chi connectivity index (χ2v) is 6.49. The Balaban J connectivity index is 2.23. The quantitative estimate of drug-likeness (QED) is 0.641. The standard InChI is InChI=1S/C17H21N3O3/c1-7-8-13(17(3,4)5)23-16(21)14-11(2)22-15(19-14)12-9-18-20(6)10-12/h1,9-10,13H,8H2,2-6H3/t13-/m0/s1. The molecular weight excluding hydrogens is 294 g/mol. The number of carbonyl (C=O) groups excluding carboxylic acids is 1. The molecule has 1 atom stereocenters. The summed E-state index contributed by atoms with van der Waals surface area (Å²) in [6, 6.07) is 0. The molecule has 0 aliphatic carbocycles. The van der Waals surface area contributed by atoms with E-state index in [1.54, 1.807) is 31.0 Å². The molecule has 23 heavy (non-hydrogen) atoms. The Hall–Kier alpha value is -2.55. The number of hydrogen-bond acceptors (Lipinski definition) is 5. The molecule has 0 aliphatic rings. The number of ether oxygens (including phenoxy) is 1. The van der Waals surface area contributed by atoms with Crippen molar-refractivity contribution in [2.75, 3.05) is 0 Å². The van der Waals surface area contributed by atoms with Gasteiger partial charge in [-0.3, -0.25) is 4.68 Å². The van der Waals surface area contributed by atoms with E-state index in [0.29, 0.717) is 23.6 Å². The predicted octanol–water partition coefficient (Wildman–Crippen LogP) is 2.98. The fourth-order valence-corrected chi connectivity index (χ4v) is 2.06. The van der Waals surface area contributed by atoms with Crippen LogP contribution in [0.15, 0.2) is 16.8 Å². The maximum atomic E-state index is 12.4. The van der Waals surface area contributed by atoms with Crippen molar-refractivity contribution >= 4 is 5.97 Å². The molecular formula is C17H21N3O3. The molecule has 2 rings (SSSR count). The van der Waals surface area contributed by atoms with E-state index >= 15 is 0 Å². The van der Waals surface area contributed by atoms with Gasteiger partial charge in [-0.25, -0.2) is 9.78 Å². The topological polar surface area (TPSA) is 70.2 Å². The van der Waals surface area contributed by atoms with E-state index < -0.39 is 12.1 Å². The molecule has 2 aromatic heterocycles. The van der Waals surface area contributed by atoms with Crippen LogP contribution in [0.5, 0.6) is 0 Å². The van der Waals surface area contributed by atoms with Crippen LogP contribution in [0.4, 0.5) is 0 Å². The molecule has 0 saturated heterocycles. The number of hydrogen-bond donors (Lipinski definition) is 0. The highest BCUT2D eigenvalue weighted by Gasteiger charge is 2.30. The van der Waals surface area contributed by atoms with Gasteiger partial charge in [0, 0.05) is 19.7 Å². The molecule has 0 aliphatic heterocycles. The van der Waals surface area contributed by atoms with E-state index in [9.17, 15) is 4.79 Å². The smallest absolute Gasteiger partial charge is 0.360 e. The van der Waals surface area contributed by atoms with Gasteiger partial charge in [0.1, 0.15) is 11.9 Å². The minimum atomic E-state index is -0.531. The molecule has 0 aromatic carbocycles. The first kappa shape index (κ1) is 16.8. The molecule has 0 spiro atoms. The average molecular weight is 315 g/mol. The molecule has 2 aromatic rings. The maximum absolute atomic E-state index is 12.4. The van der Waals surface area contributed by atoms with Gasteiger partial charge in [-0.1, -0.05) is 20.8 Å². The number of terminal acetylenes is 1. The van der Waals surface area contributed by atoms with Crippen LogP contribution in [0.25, 0.3) is 11.5 Å². The second kappa shape index (κ2) is 6.29. The van der Waals surface area contributed by atoms with Crippen molar-refractivity contribution < 1.29 is 13.9 Å². The van der Waals surface area contributed by atoms with Crippen molar-refractivity contribution in [1.82, 2.24) is 14.8 Å². The van der Waals surface area contributed by atoms with E-state index in [1.165, 1.54) is 0 Å². The number of nitrogens with zero attached hydrogens (tertiary/aromatic N) is 3. The number of esters is 1. The van der Waals surface area contributed by atoms with Crippen molar-refractivity contribution in [1.29, 1.82) is 0 Å². The molecule has 122 valence electrons. The summed E-state index contributed by atoms with van der Waals surface area (Å²) < 4.78 is 12.7. The van der Waals surface area contributed by atoms with E-state index in [4.69, 9.17) is 15.6 Å². The van der Waals surface area contributed by atoms with Gasteiger partial charge < -0.3 is 9.15 Å². The summed E-state index contributed by atoms with van der Waals surface area (Å²) in [6.45, 7) is 7.59. The molecule has 2 heterocycles. The Morgan fingerprint density at radius 1 is 1.52 bits per heavy atom. The van der Waals surface area contributed by atoms with Crippen molar-refractivity contribution in [2.24, 2.45) is 12.5 Å². The third kappa shape index (κ3) is 3.81. The Bertz CT molecular complexity index is 744. The highest BCUT2D eigenvalue weighted by molar-refractivity contribution is 5.89. The average Bonchev–Trinajstić information content (AvgIpc) is 3.03. The van der Waals surface area contributed by atoms with Gasteiger partial charge in [-0.2, -0.15) is 5.10 Å². The predicted molar refractivity (Wildman–Crippen MR) is 85.6 cm³/mol. The lowest BCUT2D eigenvalue weighted by Crippen LogP contribution is -2.31. The highest BCUT2D eigenvalue weighted by atomic mass is 16.5. The van der Waals surface area contributed by atoms with Crippen LogP contribution >= 0.6 is 0 Å².